The van der Waals surface area contributed by atoms with Crippen molar-refractivity contribution in [3.63, 3.8) is 0 Å². The number of carboxylic acids is 1. The minimum absolute atomic E-state index is 0.0390. The molecule has 2 atom stereocenters. The van der Waals surface area contributed by atoms with E-state index in [1.165, 1.54) is 6.08 Å². The lowest BCUT2D eigenvalue weighted by molar-refractivity contribution is -0.145. The van der Waals surface area contributed by atoms with Gasteiger partial charge >= 0.3 is 18.0 Å². The van der Waals surface area contributed by atoms with Crippen molar-refractivity contribution in [1.29, 1.82) is 0 Å². The van der Waals surface area contributed by atoms with Gasteiger partial charge in [0, 0.05) is 4.91 Å². The van der Waals surface area contributed by atoms with E-state index in [2.05, 4.69) is 21.9 Å². The maximum atomic E-state index is 11.9. The molecule has 0 spiro atoms. The number of esters is 1. The second-order valence-electron chi connectivity index (χ2n) is 5.39. The Morgan fingerprint density at radius 3 is 2.42 bits per heavy atom. The van der Waals surface area contributed by atoms with E-state index in [0.29, 0.717) is 25.7 Å². The normalized spacial score (nSPS) is 12.2. The van der Waals surface area contributed by atoms with Gasteiger partial charge in [0.2, 0.25) is 0 Å². The quantitative estimate of drug-likeness (QED) is 0.120. The van der Waals surface area contributed by atoms with Crippen LogP contribution in [0.4, 0.5) is 4.79 Å². The number of hydrogen-bond donors (Lipinski definition) is 2. The van der Waals surface area contributed by atoms with Crippen LogP contribution in [-0.2, 0) is 19.1 Å². The summed E-state index contributed by atoms with van der Waals surface area (Å²) in [6.07, 6.45) is 3.97. The van der Waals surface area contributed by atoms with Gasteiger partial charge in [-0.3, -0.25) is 4.79 Å². The van der Waals surface area contributed by atoms with E-state index in [4.69, 9.17) is 20.1 Å². The first-order valence-electron chi connectivity index (χ1n) is 8.44. The molecule has 0 aromatic heterocycles. The molecule has 0 bridgehead atoms. The minimum Gasteiger partial charge on any atom is -0.481 e. The number of aliphatic carboxylic acids is 1. The predicted octanol–water partition coefficient (Wildman–Crippen LogP) is 2.93. The molecule has 0 rings (SSSR count). The minimum atomic E-state index is -1.15. The van der Waals surface area contributed by atoms with Gasteiger partial charge in [-0.15, -0.1) is 0 Å². The number of rotatable bonds is 14. The molecule has 1 amide bonds. The van der Waals surface area contributed by atoms with Crippen LogP contribution in [-0.4, -0.2) is 48.4 Å². The lowest BCUT2D eigenvalue weighted by Gasteiger charge is -2.17. The average molecular weight is 370 g/mol. The lowest BCUT2D eigenvalue weighted by atomic mass is 10.0. The third-order valence-corrected chi connectivity index (χ3v) is 3.39. The Hall–Kier alpha value is -2.74. The number of amides is 1. The zero-order valence-electron chi connectivity index (χ0n) is 14.9. The molecule has 0 aromatic rings. The maximum Gasteiger partial charge on any atom is 0.408 e. The van der Waals surface area contributed by atoms with Gasteiger partial charge < -0.3 is 19.9 Å². The molecule has 0 aliphatic carbocycles. The van der Waals surface area contributed by atoms with Crippen molar-refractivity contribution >= 4 is 18.0 Å². The molecule has 0 radical (unpaired) electrons. The Balaban J connectivity index is 4.25. The summed E-state index contributed by atoms with van der Waals surface area (Å²) in [4.78, 5) is 36.8. The Bertz CT molecular complexity index is 517. The summed E-state index contributed by atoms with van der Waals surface area (Å²) in [5.41, 5.74) is 8.31. The molecule has 10 nitrogen and oxygen atoms in total. The summed E-state index contributed by atoms with van der Waals surface area (Å²) in [6, 6.07) is -1.87. The van der Waals surface area contributed by atoms with Crippen LogP contribution in [0.2, 0.25) is 0 Å². The molecule has 26 heavy (non-hydrogen) atoms. The van der Waals surface area contributed by atoms with Crippen LogP contribution >= 0.6 is 0 Å². The fraction of sp³-hybridized carbons (Fsp3) is 0.688. The van der Waals surface area contributed by atoms with E-state index in [1.807, 2.05) is 0 Å². The highest BCUT2D eigenvalue weighted by molar-refractivity contribution is 5.81. The van der Waals surface area contributed by atoms with Crippen LogP contribution in [0.5, 0.6) is 0 Å². The monoisotopic (exact) mass is 370 g/mol. The second kappa shape index (κ2) is 14.6. The van der Waals surface area contributed by atoms with E-state index in [1.54, 1.807) is 6.92 Å². The van der Waals surface area contributed by atoms with E-state index in [-0.39, 0.29) is 19.6 Å². The van der Waals surface area contributed by atoms with Gasteiger partial charge in [0.1, 0.15) is 18.7 Å². The largest absolute Gasteiger partial charge is 0.481 e. The van der Waals surface area contributed by atoms with Crippen molar-refractivity contribution in [3.05, 3.63) is 23.1 Å². The molecule has 0 aromatic carbocycles. The molecular weight excluding hydrogens is 344 g/mol. The van der Waals surface area contributed by atoms with E-state index in [9.17, 15) is 14.4 Å². The molecule has 0 fully saturated rings. The molecule has 0 aliphatic rings. The fourth-order valence-corrected chi connectivity index (χ4v) is 2.14. The van der Waals surface area contributed by atoms with Crippen molar-refractivity contribution < 1.29 is 29.0 Å². The van der Waals surface area contributed by atoms with Crippen molar-refractivity contribution in [2.75, 3.05) is 13.2 Å². The van der Waals surface area contributed by atoms with Gasteiger partial charge in [-0.1, -0.05) is 43.5 Å². The molecule has 2 N–H and O–H groups in total. The number of carboxylic acid groups (broad SMARTS) is 1. The Morgan fingerprint density at radius 2 is 1.88 bits per heavy atom. The van der Waals surface area contributed by atoms with Gasteiger partial charge in [0.15, 0.2) is 0 Å². The molecular formula is C16H26N4O6. The molecule has 0 heterocycles. The van der Waals surface area contributed by atoms with Crippen LogP contribution in [0.3, 0.4) is 0 Å². The number of unbranched alkanes of at least 4 members (excludes halogenated alkanes) is 3. The highest BCUT2D eigenvalue weighted by Crippen LogP contribution is 2.12. The van der Waals surface area contributed by atoms with Crippen LogP contribution in [0.15, 0.2) is 17.8 Å². The first kappa shape index (κ1) is 23.3. The molecule has 0 unspecified atom stereocenters. The highest BCUT2D eigenvalue weighted by Gasteiger charge is 2.22. The van der Waals surface area contributed by atoms with E-state index in [0.717, 1.165) is 6.42 Å². The van der Waals surface area contributed by atoms with E-state index < -0.39 is 30.1 Å². The van der Waals surface area contributed by atoms with Crippen molar-refractivity contribution in [2.45, 2.75) is 57.5 Å². The third kappa shape index (κ3) is 10.9. The third-order valence-electron chi connectivity index (χ3n) is 3.39. The number of alkyl carbamates (subject to hydrolysis) is 1. The standard InChI is InChI=1S/C16H26N4O6/c1-3-11-26-16(24)18-13(15(23)25-4-2)10-8-6-5-7-9-12(14(21)22)19-20-17/h3,12-13H,1,4-11H2,2H3,(H,18,24)(H,21,22)/t12-,13+/m0/s1. The highest BCUT2D eigenvalue weighted by atomic mass is 16.6. The first-order valence-corrected chi connectivity index (χ1v) is 8.44. The van der Waals surface area contributed by atoms with Gasteiger partial charge in [0.25, 0.3) is 0 Å². The zero-order chi connectivity index (χ0) is 19.8. The number of nitrogens with zero attached hydrogens (tertiary/aromatic N) is 3. The van der Waals surface area contributed by atoms with Crippen molar-refractivity contribution in [2.24, 2.45) is 5.11 Å². The fourth-order valence-electron chi connectivity index (χ4n) is 2.14. The summed E-state index contributed by atoms with van der Waals surface area (Å²) in [6.45, 7) is 5.35. The maximum absolute atomic E-state index is 11.9. The van der Waals surface area contributed by atoms with Crippen molar-refractivity contribution in [3.8, 4) is 0 Å². The number of nitrogens with one attached hydrogen (secondary N) is 1. The van der Waals surface area contributed by atoms with E-state index >= 15 is 0 Å². The molecule has 0 saturated heterocycles. The summed E-state index contributed by atoms with van der Waals surface area (Å²) in [7, 11) is 0. The predicted molar refractivity (Wildman–Crippen MR) is 93.4 cm³/mol. The summed E-state index contributed by atoms with van der Waals surface area (Å²) >= 11 is 0. The average Bonchev–Trinajstić information content (AvgIpc) is 2.60. The van der Waals surface area contributed by atoms with Crippen molar-refractivity contribution in [1.82, 2.24) is 5.32 Å². The number of hydrogen-bond acceptors (Lipinski definition) is 6. The van der Waals surface area contributed by atoms with Gasteiger partial charge in [-0.25, -0.2) is 9.59 Å². The lowest BCUT2D eigenvalue weighted by Crippen LogP contribution is -2.42. The Morgan fingerprint density at radius 1 is 1.23 bits per heavy atom. The first-order chi connectivity index (χ1) is 12.5. The van der Waals surface area contributed by atoms with Crippen LogP contribution in [0, 0.1) is 0 Å². The Kier molecular flexibility index (Phi) is 13.1. The topological polar surface area (TPSA) is 151 Å². The van der Waals surface area contributed by atoms with Gasteiger partial charge in [-0.2, -0.15) is 0 Å². The number of azide groups is 1. The summed E-state index contributed by atoms with van der Waals surface area (Å²) in [5, 5.41) is 14.5. The van der Waals surface area contributed by atoms with Crippen LogP contribution in [0.25, 0.3) is 10.4 Å². The SMILES string of the molecule is C=CCOC(=O)N[C@H](CCCCCC[C@H](N=[N+]=[N-])C(=O)O)C(=O)OCC. The van der Waals surface area contributed by atoms with Gasteiger partial charge in [0.05, 0.1) is 6.61 Å². The smallest absolute Gasteiger partial charge is 0.408 e. The Labute approximate surface area is 152 Å². The summed E-state index contributed by atoms with van der Waals surface area (Å²) < 4.78 is 9.73. The molecule has 10 heteroatoms. The zero-order valence-corrected chi connectivity index (χ0v) is 14.9. The van der Waals surface area contributed by atoms with Crippen LogP contribution in [0.1, 0.15) is 45.4 Å². The van der Waals surface area contributed by atoms with Crippen LogP contribution < -0.4 is 5.32 Å². The number of ether oxygens (including phenoxy) is 2. The second-order valence-corrected chi connectivity index (χ2v) is 5.39. The summed E-state index contributed by atoms with van der Waals surface area (Å²) in [5.74, 6) is -1.68. The molecule has 0 aliphatic heterocycles. The van der Waals surface area contributed by atoms with Gasteiger partial charge in [-0.05, 0) is 25.3 Å². The number of carbonyl (C=O) groups excluding carboxylic acids is 2. The molecule has 0 saturated carbocycles. The number of carbonyl (C=O) groups is 3. The molecule has 146 valence electrons.